The number of esters is 1. The summed E-state index contributed by atoms with van der Waals surface area (Å²) in [6, 6.07) is 10.5. The fraction of sp³-hybridized carbons (Fsp3) is 0.200. The Labute approximate surface area is 168 Å². The molecule has 0 saturated carbocycles. The number of anilines is 1. The number of hydrogen-bond acceptors (Lipinski definition) is 5. The quantitative estimate of drug-likeness (QED) is 0.497. The maximum Gasteiger partial charge on any atom is 0.338 e. The Kier molecular flexibility index (Phi) is 7.63. The van der Waals surface area contributed by atoms with Crippen molar-refractivity contribution in [3.8, 4) is 0 Å². The lowest BCUT2D eigenvalue weighted by molar-refractivity contribution is -0.121. The molecule has 0 aliphatic rings. The molecule has 154 valence electrons. The first-order valence-electron chi connectivity index (χ1n) is 8.72. The van der Waals surface area contributed by atoms with Crippen LogP contribution in [-0.4, -0.2) is 40.0 Å². The van der Waals surface area contributed by atoms with Crippen LogP contribution in [0.5, 0.6) is 0 Å². The second kappa shape index (κ2) is 9.94. The van der Waals surface area contributed by atoms with Crippen LogP contribution in [-0.2, 0) is 19.6 Å². The van der Waals surface area contributed by atoms with Gasteiger partial charge in [0.05, 0.1) is 10.5 Å². The largest absolute Gasteiger partial charge is 0.452 e. The summed E-state index contributed by atoms with van der Waals surface area (Å²) in [6.07, 6.45) is 1.41. The Morgan fingerprint density at radius 3 is 2.31 bits per heavy atom. The molecule has 2 aromatic carbocycles. The summed E-state index contributed by atoms with van der Waals surface area (Å²) in [5.41, 5.74) is 0.585. The topological polar surface area (TPSA) is 92.8 Å². The molecule has 0 atom stereocenters. The molecular weight excluding hydrogens is 399 g/mol. The van der Waals surface area contributed by atoms with Crippen molar-refractivity contribution in [3.05, 3.63) is 72.6 Å². The molecule has 0 heterocycles. The van der Waals surface area contributed by atoms with E-state index in [-0.39, 0.29) is 17.0 Å². The summed E-state index contributed by atoms with van der Waals surface area (Å²) in [6.45, 7) is 5.06. The standard InChI is InChI=1S/C20H21FN2O5S/c1-3-13-22-29(26,27)18-11-5-15(6-12-18)20(25)28-14-19(24)23(4-2)17-9-7-16(21)8-10-17/h3,5-12,22H,1,4,13-14H2,2H3. The summed E-state index contributed by atoms with van der Waals surface area (Å²) in [5, 5.41) is 0. The first-order valence-corrected chi connectivity index (χ1v) is 10.2. The minimum Gasteiger partial charge on any atom is -0.452 e. The summed E-state index contributed by atoms with van der Waals surface area (Å²) < 4.78 is 44.4. The Morgan fingerprint density at radius 2 is 1.76 bits per heavy atom. The number of nitrogens with one attached hydrogen (secondary N) is 1. The SMILES string of the molecule is C=CCNS(=O)(=O)c1ccc(C(=O)OCC(=O)N(CC)c2ccc(F)cc2)cc1. The maximum atomic E-state index is 13.0. The van der Waals surface area contributed by atoms with Gasteiger partial charge in [-0.25, -0.2) is 22.3 Å². The molecule has 7 nitrogen and oxygen atoms in total. The number of carbonyl (C=O) groups excluding carboxylic acids is 2. The van der Waals surface area contributed by atoms with Crippen LogP contribution in [0.25, 0.3) is 0 Å². The smallest absolute Gasteiger partial charge is 0.338 e. The van der Waals surface area contributed by atoms with Gasteiger partial charge < -0.3 is 9.64 Å². The van der Waals surface area contributed by atoms with Gasteiger partial charge in [-0.2, -0.15) is 0 Å². The van der Waals surface area contributed by atoms with Crippen LogP contribution >= 0.6 is 0 Å². The zero-order valence-corrected chi connectivity index (χ0v) is 16.6. The number of nitrogens with zero attached hydrogens (tertiary/aromatic N) is 1. The van der Waals surface area contributed by atoms with E-state index in [2.05, 4.69) is 11.3 Å². The van der Waals surface area contributed by atoms with Crippen molar-refractivity contribution in [2.24, 2.45) is 0 Å². The van der Waals surface area contributed by atoms with Gasteiger partial charge >= 0.3 is 5.97 Å². The second-order valence-electron chi connectivity index (χ2n) is 5.86. The van der Waals surface area contributed by atoms with E-state index in [0.29, 0.717) is 12.2 Å². The van der Waals surface area contributed by atoms with Crippen molar-refractivity contribution in [3.63, 3.8) is 0 Å². The normalized spacial score (nSPS) is 11.0. The Balaban J connectivity index is 2.00. The average Bonchev–Trinajstić information content (AvgIpc) is 2.72. The zero-order valence-electron chi connectivity index (χ0n) is 15.8. The van der Waals surface area contributed by atoms with Crippen LogP contribution in [0.3, 0.4) is 0 Å². The molecule has 0 aliphatic carbocycles. The van der Waals surface area contributed by atoms with E-state index in [1.54, 1.807) is 6.92 Å². The molecule has 0 fully saturated rings. The first kappa shape index (κ1) is 22.3. The van der Waals surface area contributed by atoms with Gasteiger partial charge in [-0.15, -0.1) is 6.58 Å². The van der Waals surface area contributed by atoms with E-state index in [0.717, 1.165) is 0 Å². The minimum atomic E-state index is -3.70. The predicted molar refractivity (Wildman–Crippen MR) is 107 cm³/mol. The molecule has 1 N–H and O–H groups in total. The first-order chi connectivity index (χ1) is 13.8. The van der Waals surface area contributed by atoms with E-state index >= 15 is 0 Å². The number of benzene rings is 2. The number of halogens is 1. The van der Waals surface area contributed by atoms with Gasteiger partial charge in [0.25, 0.3) is 5.91 Å². The van der Waals surface area contributed by atoms with Crippen molar-refractivity contribution in [1.82, 2.24) is 4.72 Å². The monoisotopic (exact) mass is 420 g/mol. The number of sulfonamides is 1. The van der Waals surface area contributed by atoms with Crippen molar-refractivity contribution < 1.29 is 27.1 Å². The van der Waals surface area contributed by atoms with E-state index < -0.39 is 34.3 Å². The second-order valence-corrected chi connectivity index (χ2v) is 7.62. The number of ether oxygens (including phenoxy) is 1. The summed E-state index contributed by atoms with van der Waals surface area (Å²) in [4.78, 5) is 25.8. The molecule has 1 amide bonds. The molecule has 29 heavy (non-hydrogen) atoms. The van der Waals surface area contributed by atoms with Crippen LogP contribution < -0.4 is 9.62 Å². The number of rotatable bonds is 9. The third-order valence-electron chi connectivity index (χ3n) is 3.90. The molecule has 0 unspecified atom stereocenters. The summed E-state index contributed by atoms with van der Waals surface area (Å²) in [5.74, 6) is -1.66. The fourth-order valence-corrected chi connectivity index (χ4v) is 3.43. The highest BCUT2D eigenvalue weighted by Crippen LogP contribution is 2.15. The van der Waals surface area contributed by atoms with Gasteiger partial charge in [0.1, 0.15) is 5.82 Å². The van der Waals surface area contributed by atoms with Gasteiger partial charge in [0, 0.05) is 18.8 Å². The van der Waals surface area contributed by atoms with Crippen LogP contribution in [0.2, 0.25) is 0 Å². The van der Waals surface area contributed by atoms with Crippen LogP contribution in [0, 0.1) is 5.82 Å². The summed E-state index contributed by atoms with van der Waals surface area (Å²) >= 11 is 0. The van der Waals surface area contributed by atoms with Gasteiger partial charge in [0.15, 0.2) is 6.61 Å². The lowest BCUT2D eigenvalue weighted by atomic mass is 10.2. The minimum absolute atomic E-state index is 0.0135. The highest BCUT2D eigenvalue weighted by molar-refractivity contribution is 7.89. The molecular formula is C20H21FN2O5S. The third kappa shape index (κ3) is 5.97. The molecule has 0 spiro atoms. The van der Waals surface area contributed by atoms with Gasteiger partial charge in [-0.3, -0.25) is 4.79 Å². The highest BCUT2D eigenvalue weighted by Gasteiger charge is 2.18. The van der Waals surface area contributed by atoms with Crippen molar-refractivity contribution in [2.75, 3.05) is 24.6 Å². The lowest BCUT2D eigenvalue weighted by Crippen LogP contribution is -2.34. The molecule has 0 aliphatic heterocycles. The Bertz CT molecular complexity index is 973. The molecule has 0 saturated heterocycles. The van der Waals surface area contributed by atoms with Crippen molar-refractivity contribution in [1.29, 1.82) is 0 Å². The average molecular weight is 420 g/mol. The fourth-order valence-electron chi connectivity index (χ4n) is 2.43. The zero-order chi connectivity index (χ0) is 21.4. The molecule has 0 bridgehead atoms. The van der Waals surface area contributed by atoms with Gasteiger partial charge in [-0.05, 0) is 55.5 Å². The van der Waals surface area contributed by atoms with Crippen molar-refractivity contribution in [2.45, 2.75) is 11.8 Å². The number of amides is 1. The summed E-state index contributed by atoms with van der Waals surface area (Å²) in [7, 11) is -3.70. The predicted octanol–water partition coefficient (Wildman–Crippen LogP) is 2.50. The van der Waals surface area contributed by atoms with Crippen LogP contribution in [0.1, 0.15) is 17.3 Å². The molecule has 0 aromatic heterocycles. The van der Waals surface area contributed by atoms with E-state index in [9.17, 15) is 22.4 Å². The van der Waals surface area contributed by atoms with Gasteiger partial charge in [0.2, 0.25) is 10.0 Å². The van der Waals surface area contributed by atoms with Gasteiger partial charge in [-0.1, -0.05) is 6.08 Å². The Morgan fingerprint density at radius 1 is 1.14 bits per heavy atom. The Hall–Kier alpha value is -3.04. The van der Waals surface area contributed by atoms with E-state index in [4.69, 9.17) is 4.74 Å². The molecule has 9 heteroatoms. The maximum absolute atomic E-state index is 13.0. The molecule has 0 radical (unpaired) electrons. The number of hydrogen-bond donors (Lipinski definition) is 1. The molecule has 2 aromatic rings. The number of likely N-dealkylation sites (N-methyl/N-ethyl adjacent to an activating group) is 1. The van der Waals surface area contributed by atoms with E-state index in [1.165, 1.54) is 59.5 Å². The van der Waals surface area contributed by atoms with Crippen LogP contribution in [0.4, 0.5) is 10.1 Å². The highest BCUT2D eigenvalue weighted by atomic mass is 32.2. The van der Waals surface area contributed by atoms with E-state index in [1.807, 2.05) is 0 Å². The number of carbonyl (C=O) groups is 2. The lowest BCUT2D eigenvalue weighted by Gasteiger charge is -2.20. The third-order valence-corrected chi connectivity index (χ3v) is 5.34. The van der Waals surface area contributed by atoms with Crippen LogP contribution in [0.15, 0.2) is 66.1 Å². The molecule has 2 rings (SSSR count). The van der Waals surface area contributed by atoms with Crippen molar-refractivity contribution >= 4 is 27.6 Å².